The monoisotopic (exact) mass is 677 g/mol. The average molecular weight is 678 g/mol. The summed E-state index contributed by atoms with van der Waals surface area (Å²) in [5.74, 6) is 0. The SMILES string of the molecule is C1=C\Cc2c(n(-c3ccc4c(c3)c3cc(-c5ccc6c(c5)c5ccccc5n6-c5ccccc5)ccc3n4-c3ccccc3)c3ccccc23)C/C=C/1. The van der Waals surface area contributed by atoms with Crippen LogP contribution in [0.15, 0.2) is 188 Å². The van der Waals surface area contributed by atoms with Gasteiger partial charge in [0.1, 0.15) is 0 Å². The van der Waals surface area contributed by atoms with E-state index in [9.17, 15) is 0 Å². The third-order valence-electron chi connectivity index (χ3n) is 11.1. The quantitative estimate of drug-likeness (QED) is 0.176. The van der Waals surface area contributed by atoms with E-state index in [1.165, 1.54) is 88.3 Å². The zero-order chi connectivity index (χ0) is 34.9. The summed E-state index contributed by atoms with van der Waals surface area (Å²) in [4.78, 5) is 0. The van der Waals surface area contributed by atoms with Gasteiger partial charge in [0.25, 0.3) is 0 Å². The van der Waals surface area contributed by atoms with E-state index < -0.39 is 0 Å². The minimum atomic E-state index is 0.894. The zero-order valence-electron chi connectivity index (χ0n) is 29.2. The topological polar surface area (TPSA) is 14.8 Å². The Kier molecular flexibility index (Phi) is 6.68. The lowest BCUT2D eigenvalue weighted by Crippen LogP contribution is -2.02. The summed E-state index contributed by atoms with van der Waals surface area (Å²) in [5, 5.41) is 6.35. The molecule has 0 saturated heterocycles. The van der Waals surface area contributed by atoms with Crippen molar-refractivity contribution in [3.8, 4) is 28.2 Å². The van der Waals surface area contributed by atoms with Gasteiger partial charge >= 0.3 is 0 Å². The Labute approximate surface area is 307 Å². The molecule has 0 atom stereocenters. The van der Waals surface area contributed by atoms with Gasteiger partial charge in [-0.1, -0.05) is 109 Å². The number of fused-ring (bicyclic) bond motifs is 9. The smallest absolute Gasteiger partial charge is 0.0542 e. The van der Waals surface area contributed by atoms with Crippen molar-refractivity contribution in [1.29, 1.82) is 0 Å². The maximum Gasteiger partial charge on any atom is 0.0542 e. The third-order valence-corrected chi connectivity index (χ3v) is 11.1. The molecule has 11 rings (SSSR count). The number of hydrogen-bond acceptors (Lipinski definition) is 0. The molecule has 0 amide bonds. The Bertz CT molecular complexity index is 3100. The lowest BCUT2D eigenvalue weighted by molar-refractivity contribution is 0.977. The first kappa shape index (κ1) is 29.8. The molecular weight excluding hydrogens is 643 g/mol. The van der Waals surface area contributed by atoms with Crippen molar-refractivity contribution in [3.63, 3.8) is 0 Å². The molecule has 3 nitrogen and oxygen atoms in total. The van der Waals surface area contributed by atoms with Crippen molar-refractivity contribution in [2.24, 2.45) is 0 Å². The summed E-state index contributed by atoms with van der Waals surface area (Å²) in [6.45, 7) is 0. The van der Waals surface area contributed by atoms with Gasteiger partial charge in [0.2, 0.25) is 0 Å². The molecule has 0 unspecified atom stereocenters. The molecule has 10 aromatic rings. The second-order valence-electron chi connectivity index (χ2n) is 14.1. The highest BCUT2D eigenvalue weighted by Gasteiger charge is 2.20. The van der Waals surface area contributed by atoms with Crippen molar-refractivity contribution in [2.75, 3.05) is 0 Å². The molecule has 1 aliphatic rings. The number of nitrogens with zero attached hydrogens (tertiary/aromatic N) is 3. The Hall–Kier alpha value is -6.84. The Morgan fingerprint density at radius 2 is 0.792 bits per heavy atom. The molecule has 3 aromatic heterocycles. The fraction of sp³-hybridized carbons (Fsp3) is 0.0400. The average Bonchev–Trinajstić information content (AvgIpc) is 3.82. The first-order chi connectivity index (χ1) is 26.3. The summed E-state index contributed by atoms with van der Waals surface area (Å²) >= 11 is 0. The van der Waals surface area contributed by atoms with Crippen LogP contribution in [-0.4, -0.2) is 13.7 Å². The van der Waals surface area contributed by atoms with Crippen LogP contribution >= 0.6 is 0 Å². The number of rotatable bonds is 4. The van der Waals surface area contributed by atoms with Crippen LogP contribution < -0.4 is 0 Å². The van der Waals surface area contributed by atoms with Gasteiger partial charge in [-0.15, -0.1) is 0 Å². The highest BCUT2D eigenvalue weighted by Crippen LogP contribution is 2.40. The van der Waals surface area contributed by atoms with Crippen molar-refractivity contribution in [2.45, 2.75) is 12.8 Å². The molecule has 53 heavy (non-hydrogen) atoms. The molecule has 0 aliphatic heterocycles. The molecular formula is C50H35N3. The normalized spacial score (nSPS) is 14.2. The van der Waals surface area contributed by atoms with Gasteiger partial charge < -0.3 is 13.7 Å². The highest BCUT2D eigenvalue weighted by molar-refractivity contribution is 6.13. The second kappa shape index (κ2) is 11.9. The number of benzene rings is 7. The number of allylic oxidation sites excluding steroid dienone is 4. The summed E-state index contributed by atoms with van der Waals surface area (Å²) in [5.41, 5.74) is 14.8. The molecule has 3 heterocycles. The molecule has 1 aliphatic carbocycles. The standard InChI is InChI=1S/C50H35N3/c1-2-10-22-45-39(19-9-1)40-20-11-13-23-46(40)53(45)38-27-30-50-44(33-38)43-32-35(26-29-49(43)52(50)37-17-7-4-8-18-37)34-25-28-48-42(31-34)41-21-12-14-24-47(41)51(48)36-15-5-3-6-16-36/h1-18,20-21,23-33H,19,22H2/b9-1-,10-2+. The minimum absolute atomic E-state index is 0.894. The van der Waals surface area contributed by atoms with Gasteiger partial charge in [-0.2, -0.15) is 0 Å². The Morgan fingerprint density at radius 1 is 0.321 bits per heavy atom. The number of para-hydroxylation sites is 4. The zero-order valence-corrected chi connectivity index (χ0v) is 29.2. The molecule has 3 heteroatoms. The highest BCUT2D eigenvalue weighted by atomic mass is 15.0. The fourth-order valence-electron chi connectivity index (χ4n) is 8.81. The van der Waals surface area contributed by atoms with E-state index in [0.29, 0.717) is 0 Å². The summed E-state index contributed by atoms with van der Waals surface area (Å²) in [6.07, 6.45) is 10.7. The summed E-state index contributed by atoms with van der Waals surface area (Å²) in [7, 11) is 0. The van der Waals surface area contributed by atoms with Crippen molar-refractivity contribution >= 4 is 54.5 Å². The molecule has 0 fully saturated rings. The van der Waals surface area contributed by atoms with Crippen LogP contribution in [0.25, 0.3) is 82.7 Å². The lowest BCUT2D eigenvalue weighted by atomic mass is 10.0. The van der Waals surface area contributed by atoms with Gasteiger partial charge in [0, 0.05) is 56.1 Å². The van der Waals surface area contributed by atoms with Crippen LogP contribution in [0.5, 0.6) is 0 Å². The van der Waals surface area contributed by atoms with Crippen molar-refractivity contribution in [1.82, 2.24) is 13.7 Å². The number of aromatic nitrogens is 3. The predicted molar refractivity (Wildman–Crippen MR) is 223 cm³/mol. The van der Waals surface area contributed by atoms with Gasteiger partial charge in [-0.3, -0.25) is 0 Å². The van der Waals surface area contributed by atoms with Crippen LogP contribution in [0.3, 0.4) is 0 Å². The minimum Gasteiger partial charge on any atom is -0.313 e. The van der Waals surface area contributed by atoms with Gasteiger partial charge in [-0.05, 0) is 102 Å². The van der Waals surface area contributed by atoms with Crippen LogP contribution in [0.1, 0.15) is 11.3 Å². The predicted octanol–water partition coefficient (Wildman–Crippen LogP) is 12.7. The Morgan fingerprint density at radius 3 is 1.43 bits per heavy atom. The first-order valence-electron chi connectivity index (χ1n) is 18.5. The molecule has 0 bridgehead atoms. The maximum atomic E-state index is 2.50. The maximum absolute atomic E-state index is 2.50. The van der Waals surface area contributed by atoms with Crippen molar-refractivity contribution in [3.05, 3.63) is 199 Å². The van der Waals surface area contributed by atoms with E-state index in [1.54, 1.807) is 0 Å². The largest absolute Gasteiger partial charge is 0.313 e. The fourth-order valence-corrected chi connectivity index (χ4v) is 8.81. The molecule has 250 valence electrons. The van der Waals surface area contributed by atoms with Crippen LogP contribution in [0.4, 0.5) is 0 Å². The summed E-state index contributed by atoms with van der Waals surface area (Å²) in [6, 6.07) is 60.1. The van der Waals surface area contributed by atoms with E-state index in [1.807, 2.05) is 0 Å². The lowest BCUT2D eigenvalue weighted by Gasteiger charge is -2.13. The van der Waals surface area contributed by atoms with Crippen molar-refractivity contribution < 1.29 is 0 Å². The van der Waals surface area contributed by atoms with E-state index in [0.717, 1.165) is 18.5 Å². The van der Waals surface area contributed by atoms with Gasteiger partial charge in [0.05, 0.1) is 27.6 Å². The third kappa shape index (κ3) is 4.60. The molecule has 0 N–H and O–H groups in total. The molecule has 7 aromatic carbocycles. The molecule has 0 saturated carbocycles. The summed E-state index contributed by atoms with van der Waals surface area (Å²) < 4.78 is 7.30. The van der Waals surface area contributed by atoms with Gasteiger partial charge in [-0.25, -0.2) is 0 Å². The van der Waals surface area contributed by atoms with Crippen LogP contribution in [-0.2, 0) is 12.8 Å². The van der Waals surface area contributed by atoms with E-state index in [-0.39, 0.29) is 0 Å². The number of hydrogen-bond donors (Lipinski definition) is 0. The molecule has 0 radical (unpaired) electrons. The molecule has 0 spiro atoms. The van der Waals surface area contributed by atoms with E-state index >= 15 is 0 Å². The van der Waals surface area contributed by atoms with Gasteiger partial charge in [0.15, 0.2) is 0 Å². The Balaban J connectivity index is 1.15. The van der Waals surface area contributed by atoms with Crippen LogP contribution in [0, 0.1) is 0 Å². The van der Waals surface area contributed by atoms with Crippen LogP contribution in [0.2, 0.25) is 0 Å². The van der Waals surface area contributed by atoms with E-state index in [2.05, 4.69) is 202 Å². The first-order valence-corrected chi connectivity index (χ1v) is 18.5. The van der Waals surface area contributed by atoms with E-state index in [4.69, 9.17) is 0 Å². The second-order valence-corrected chi connectivity index (χ2v) is 14.1.